The van der Waals surface area contributed by atoms with Crippen LogP contribution in [0.4, 0.5) is 4.39 Å². The summed E-state index contributed by atoms with van der Waals surface area (Å²) < 4.78 is 24.2. The van der Waals surface area contributed by atoms with Crippen LogP contribution in [0.1, 0.15) is 42.1 Å². The molecule has 5 nitrogen and oxygen atoms in total. The molecular weight excluding hydrogens is 361 g/mol. The second-order valence-corrected chi connectivity index (χ2v) is 7.51. The summed E-state index contributed by atoms with van der Waals surface area (Å²) >= 11 is 0. The Morgan fingerprint density at radius 3 is 2.32 bits per heavy atom. The summed E-state index contributed by atoms with van der Waals surface area (Å²) in [5, 5.41) is 10.8. The molecular formula is C22H24FNO4. The number of ether oxygens (including phenoxy) is 2. The van der Waals surface area contributed by atoms with Gasteiger partial charge >= 0.3 is 0 Å². The number of hydrogen-bond donors (Lipinski definition) is 1. The predicted molar refractivity (Wildman–Crippen MR) is 102 cm³/mol. The van der Waals surface area contributed by atoms with Crippen molar-refractivity contribution in [2.24, 2.45) is 0 Å². The Morgan fingerprint density at radius 1 is 1.11 bits per heavy atom. The lowest BCUT2D eigenvalue weighted by Crippen LogP contribution is -2.52. The number of carbonyl (C=O) groups excluding carboxylic acids is 1. The quantitative estimate of drug-likeness (QED) is 0.877. The number of aliphatic hydroxyl groups is 1. The van der Waals surface area contributed by atoms with E-state index in [1.54, 1.807) is 43.4 Å². The Bertz CT molecular complexity index is 892. The Kier molecular flexibility index (Phi) is 4.75. The highest BCUT2D eigenvalue weighted by Gasteiger charge is 2.49. The molecule has 6 heteroatoms. The van der Waals surface area contributed by atoms with Crippen molar-refractivity contribution in [1.29, 1.82) is 0 Å². The average molecular weight is 385 g/mol. The number of rotatable bonds is 4. The molecule has 2 aromatic carbocycles. The van der Waals surface area contributed by atoms with E-state index in [9.17, 15) is 14.3 Å². The fraction of sp³-hybridized carbons (Fsp3) is 0.409. The van der Waals surface area contributed by atoms with E-state index in [4.69, 9.17) is 9.47 Å². The fourth-order valence-corrected chi connectivity index (χ4v) is 4.46. The lowest BCUT2D eigenvalue weighted by molar-refractivity contribution is -0.144. The highest BCUT2D eigenvalue weighted by Crippen LogP contribution is 2.47. The van der Waals surface area contributed by atoms with Gasteiger partial charge in [0.05, 0.1) is 26.2 Å². The van der Waals surface area contributed by atoms with E-state index < -0.39 is 11.5 Å². The van der Waals surface area contributed by atoms with Crippen molar-refractivity contribution in [2.45, 2.75) is 37.3 Å². The van der Waals surface area contributed by atoms with Gasteiger partial charge in [-0.25, -0.2) is 4.39 Å². The van der Waals surface area contributed by atoms with Crippen molar-refractivity contribution >= 4 is 5.91 Å². The topological polar surface area (TPSA) is 59.0 Å². The largest absolute Gasteiger partial charge is 0.496 e. The van der Waals surface area contributed by atoms with Crippen LogP contribution in [0.3, 0.4) is 0 Å². The zero-order valence-corrected chi connectivity index (χ0v) is 16.1. The molecule has 0 bridgehead atoms. The van der Waals surface area contributed by atoms with Gasteiger partial charge < -0.3 is 19.5 Å². The fourth-order valence-electron chi connectivity index (χ4n) is 4.46. The molecule has 1 amide bonds. The molecule has 4 rings (SSSR count). The number of benzene rings is 2. The summed E-state index contributed by atoms with van der Waals surface area (Å²) in [6.45, 7) is 0.535. The average Bonchev–Trinajstić information content (AvgIpc) is 2.67. The number of β-amino-alcohol motifs (C(OH)–C–C–N with tert-alkyl or cyclic N) is 1. The van der Waals surface area contributed by atoms with Crippen LogP contribution in [0, 0.1) is 5.82 Å². The molecule has 1 fully saturated rings. The van der Waals surface area contributed by atoms with Crippen LogP contribution < -0.4 is 9.47 Å². The maximum Gasteiger partial charge on any atom is 0.233 e. The molecule has 1 heterocycles. The van der Waals surface area contributed by atoms with Gasteiger partial charge in [-0.2, -0.15) is 0 Å². The Balaban J connectivity index is 1.69. The van der Waals surface area contributed by atoms with Crippen LogP contribution in [0.25, 0.3) is 0 Å². The summed E-state index contributed by atoms with van der Waals surface area (Å²) in [6, 6.07) is 9.75. The van der Waals surface area contributed by atoms with Gasteiger partial charge in [0.2, 0.25) is 5.91 Å². The molecule has 0 unspecified atom stereocenters. The number of carbonyl (C=O) groups is 1. The lowest BCUT2D eigenvalue weighted by atomic mass is 9.63. The molecule has 2 aromatic rings. The van der Waals surface area contributed by atoms with Crippen LogP contribution >= 0.6 is 0 Å². The van der Waals surface area contributed by atoms with Gasteiger partial charge in [-0.1, -0.05) is 18.6 Å². The van der Waals surface area contributed by atoms with Crippen molar-refractivity contribution in [1.82, 2.24) is 4.90 Å². The Morgan fingerprint density at radius 2 is 1.75 bits per heavy atom. The SMILES string of the molecule is COc1ccc(OC)c2c1CN(C(=O)C1(c3ccc(F)cc3)CCC1)C[C@@H]2O. The van der Waals surface area contributed by atoms with Crippen molar-refractivity contribution < 1.29 is 23.8 Å². The summed E-state index contributed by atoms with van der Waals surface area (Å²) in [5.74, 6) is 0.869. The molecule has 0 saturated heterocycles. The third kappa shape index (κ3) is 2.83. The lowest BCUT2D eigenvalue weighted by Gasteiger charge is -2.46. The summed E-state index contributed by atoms with van der Waals surface area (Å²) in [7, 11) is 3.13. The van der Waals surface area contributed by atoms with Gasteiger partial charge in [0.25, 0.3) is 0 Å². The number of amides is 1. The molecule has 1 N–H and O–H groups in total. The van der Waals surface area contributed by atoms with Gasteiger partial charge in [0.15, 0.2) is 0 Å². The third-order valence-electron chi connectivity index (χ3n) is 6.09. The third-order valence-corrected chi connectivity index (χ3v) is 6.09. The summed E-state index contributed by atoms with van der Waals surface area (Å²) in [5.41, 5.74) is 1.64. The number of halogens is 1. The monoisotopic (exact) mass is 385 g/mol. The van der Waals surface area contributed by atoms with Gasteiger partial charge in [-0.3, -0.25) is 4.79 Å². The molecule has 148 valence electrons. The number of aliphatic hydroxyl groups excluding tert-OH is 1. The van der Waals surface area contributed by atoms with E-state index in [0.29, 0.717) is 23.6 Å². The van der Waals surface area contributed by atoms with E-state index in [1.807, 2.05) is 0 Å². The molecule has 2 aliphatic rings. The van der Waals surface area contributed by atoms with Crippen molar-refractivity contribution in [2.75, 3.05) is 20.8 Å². The van der Waals surface area contributed by atoms with E-state index in [-0.39, 0.29) is 18.3 Å². The molecule has 1 aliphatic carbocycles. The number of hydrogen-bond acceptors (Lipinski definition) is 4. The zero-order valence-electron chi connectivity index (χ0n) is 16.1. The number of fused-ring (bicyclic) bond motifs is 1. The normalized spacial score (nSPS) is 20.1. The van der Waals surface area contributed by atoms with Gasteiger partial charge in [0.1, 0.15) is 23.4 Å². The van der Waals surface area contributed by atoms with Crippen molar-refractivity contribution in [3.05, 3.63) is 58.9 Å². The first-order chi connectivity index (χ1) is 13.5. The van der Waals surface area contributed by atoms with E-state index in [2.05, 4.69) is 0 Å². The van der Waals surface area contributed by atoms with Gasteiger partial charge in [-0.15, -0.1) is 0 Å². The first-order valence-electron chi connectivity index (χ1n) is 9.47. The highest BCUT2D eigenvalue weighted by molar-refractivity contribution is 5.89. The van der Waals surface area contributed by atoms with Crippen molar-refractivity contribution in [3.63, 3.8) is 0 Å². The Hall–Kier alpha value is -2.60. The van der Waals surface area contributed by atoms with E-state index in [0.717, 1.165) is 30.4 Å². The molecule has 0 radical (unpaired) electrons. The second-order valence-electron chi connectivity index (χ2n) is 7.51. The van der Waals surface area contributed by atoms with Crippen molar-refractivity contribution in [3.8, 4) is 11.5 Å². The maximum absolute atomic E-state index is 13.5. The van der Waals surface area contributed by atoms with Gasteiger partial charge in [-0.05, 0) is 42.7 Å². The van der Waals surface area contributed by atoms with E-state index in [1.165, 1.54) is 12.1 Å². The number of methoxy groups -OCH3 is 2. The smallest absolute Gasteiger partial charge is 0.233 e. The van der Waals surface area contributed by atoms with Crippen LogP contribution in [0.15, 0.2) is 36.4 Å². The zero-order chi connectivity index (χ0) is 19.9. The molecule has 28 heavy (non-hydrogen) atoms. The number of nitrogens with zero attached hydrogens (tertiary/aromatic N) is 1. The molecule has 1 saturated carbocycles. The van der Waals surface area contributed by atoms with Crippen LogP contribution in [-0.4, -0.2) is 36.7 Å². The van der Waals surface area contributed by atoms with E-state index >= 15 is 0 Å². The summed E-state index contributed by atoms with van der Waals surface area (Å²) in [6.07, 6.45) is 1.55. The maximum atomic E-state index is 13.5. The first-order valence-corrected chi connectivity index (χ1v) is 9.47. The van der Waals surface area contributed by atoms with Crippen LogP contribution in [0.5, 0.6) is 11.5 Å². The molecule has 1 atom stereocenters. The standard InChI is InChI=1S/C22H24FNO4/c1-27-18-8-9-19(28-2)20-16(18)12-24(13-17(20)25)21(26)22(10-3-11-22)14-4-6-15(23)7-5-14/h4-9,17,25H,3,10-13H2,1-2H3/t17-/m0/s1. The second kappa shape index (κ2) is 7.09. The minimum atomic E-state index is -0.858. The van der Waals surface area contributed by atoms with Crippen LogP contribution in [-0.2, 0) is 16.8 Å². The van der Waals surface area contributed by atoms with Gasteiger partial charge in [0, 0.05) is 17.7 Å². The molecule has 0 spiro atoms. The molecule has 0 aromatic heterocycles. The first kappa shape index (κ1) is 18.7. The van der Waals surface area contributed by atoms with Crippen LogP contribution in [0.2, 0.25) is 0 Å². The minimum absolute atomic E-state index is 0.0278. The molecule has 1 aliphatic heterocycles. The Labute approximate surface area is 163 Å². The highest BCUT2D eigenvalue weighted by atomic mass is 19.1. The minimum Gasteiger partial charge on any atom is -0.496 e. The predicted octanol–water partition coefficient (Wildman–Crippen LogP) is 3.34. The summed E-state index contributed by atoms with van der Waals surface area (Å²) in [4.78, 5) is 15.2.